The van der Waals surface area contributed by atoms with Crippen LogP contribution in [0.2, 0.25) is 0 Å². The Hall–Kier alpha value is -2.83. The maximum atomic E-state index is 11.1. The van der Waals surface area contributed by atoms with Gasteiger partial charge in [-0.2, -0.15) is 0 Å². The van der Waals surface area contributed by atoms with E-state index in [0.717, 1.165) is 17.1 Å². The first kappa shape index (κ1) is 14.1. The Morgan fingerprint density at radius 3 is 2.95 bits per heavy atom. The number of rotatable bonds is 5. The van der Waals surface area contributed by atoms with Gasteiger partial charge in [0, 0.05) is 12.7 Å². The van der Waals surface area contributed by atoms with E-state index in [-0.39, 0.29) is 12.4 Å². The predicted octanol–water partition coefficient (Wildman–Crippen LogP) is 2.08. The van der Waals surface area contributed by atoms with Gasteiger partial charge in [0.05, 0.1) is 11.3 Å². The van der Waals surface area contributed by atoms with Gasteiger partial charge >= 0.3 is 5.97 Å². The average molecular weight is 301 g/mol. The standard InChI is InChI=1S/C15H15N3O4/c1-2-11-10(14(19)20)7-17-15(18-11)16-6-9-3-4-12-13(5-9)22-8-21-12/h3-5,7H,2,6,8H2,1H3,(H,19,20)(H,16,17,18). The van der Waals surface area contributed by atoms with Gasteiger partial charge in [0.25, 0.3) is 0 Å². The minimum atomic E-state index is -1.01. The lowest BCUT2D eigenvalue weighted by Gasteiger charge is -2.08. The number of ether oxygens (including phenoxy) is 2. The third kappa shape index (κ3) is 2.78. The second-order valence-electron chi connectivity index (χ2n) is 4.75. The first-order valence-electron chi connectivity index (χ1n) is 6.89. The minimum absolute atomic E-state index is 0.135. The quantitative estimate of drug-likeness (QED) is 0.873. The average Bonchev–Trinajstić information content (AvgIpc) is 3.00. The smallest absolute Gasteiger partial charge is 0.339 e. The van der Waals surface area contributed by atoms with E-state index in [4.69, 9.17) is 14.6 Å². The van der Waals surface area contributed by atoms with Gasteiger partial charge in [0.15, 0.2) is 11.5 Å². The van der Waals surface area contributed by atoms with Crippen LogP contribution in [-0.2, 0) is 13.0 Å². The second-order valence-corrected chi connectivity index (χ2v) is 4.75. The summed E-state index contributed by atoms with van der Waals surface area (Å²) in [6.45, 7) is 2.61. The molecule has 1 aliphatic rings. The molecule has 0 aliphatic carbocycles. The molecule has 7 heteroatoms. The molecule has 3 rings (SSSR count). The third-order valence-electron chi connectivity index (χ3n) is 3.32. The van der Waals surface area contributed by atoms with Crippen molar-refractivity contribution in [2.45, 2.75) is 19.9 Å². The summed E-state index contributed by atoms with van der Waals surface area (Å²) in [7, 11) is 0. The van der Waals surface area contributed by atoms with Crippen molar-refractivity contribution in [3.8, 4) is 11.5 Å². The first-order chi connectivity index (χ1) is 10.7. The molecule has 0 radical (unpaired) electrons. The number of carboxylic acid groups (broad SMARTS) is 1. The molecular weight excluding hydrogens is 286 g/mol. The van der Waals surface area contributed by atoms with Gasteiger partial charge in [0.1, 0.15) is 0 Å². The van der Waals surface area contributed by atoms with Gasteiger partial charge in [-0.05, 0) is 24.1 Å². The zero-order valence-electron chi connectivity index (χ0n) is 12.0. The molecule has 0 saturated heterocycles. The Labute approximate surface area is 126 Å². The van der Waals surface area contributed by atoms with Crippen LogP contribution in [0.25, 0.3) is 0 Å². The van der Waals surface area contributed by atoms with E-state index in [2.05, 4.69) is 15.3 Å². The molecule has 22 heavy (non-hydrogen) atoms. The Kier molecular flexibility index (Phi) is 3.78. The van der Waals surface area contributed by atoms with Crippen LogP contribution in [0.3, 0.4) is 0 Å². The van der Waals surface area contributed by atoms with Gasteiger partial charge in [0.2, 0.25) is 12.7 Å². The molecule has 1 aromatic heterocycles. The van der Waals surface area contributed by atoms with Crippen LogP contribution in [0, 0.1) is 0 Å². The summed E-state index contributed by atoms with van der Waals surface area (Å²) in [6, 6.07) is 5.67. The lowest BCUT2D eigenvalue weighted by molar-refractivity contribution is 0.0694. The minimum Gasteiger partial charge on any atom is -0.478 e. The van der Waals surface area contributed by atoms with Gasteiger partial charge in [-0.25, -0.2) is 14.8 Å². The number of aryl methyl sites for hydroxylation is 1. The van der Waals surface area contributed by atoms with Crippen LogP contribution in [0.1, 0.15) is 28.5 Å². The summed E-state index contributed by atoms with van der Waals surface area (Å²) in [5, 5.41) is 12.1. The Morgan fingerprint density at radius 1 is 1.36 bits per heavy atom. The molecule has 114 valence electrons. The van der Waals surface area contributed by atoms with Crippen molar-refractivity contribution in [2.75, 3.05) is 12.1 Å². The van der Waals surface area contributed by atoms with E-state index >= 15 is 0 Å². The van der Waals surface area contributed by atoms with Crippen LogP contribution < -0.4 is 14.8 Å². The SMILES string of the molecule is CCc1nc(NCc2ccc3c(c2)OCO3)ncc1C(=O)O. The zero-order chi connectivity index (χ0) is 15.5. The molecule has 0 atom stereocenters. The van der Waals surface area contributed by atoms with Crippen LogP contribution in [0.4, 0.5) is 5.95 Å². The number of carbonyl (C=O) groups is 1. The molecule has 2 aromatic rings. The second kappa shape index (κ2) is 5.88. The molecule has 2 N–H and O–H groups in total. The van der Waals surface area contributed by atoms with Gasteiger partial charge in [-0.1, -0.05) is 13.0 Å². The summed E-state index contributed by atoms with van der Waals surface area (Å²) in [4.78, 5) is 19.3. The van der Waals surface area contributed by atoms with Crippen LogP contribution in [-0.4, -0.2) is 27.8 Å². The van der Waals surface area contributed by atoms with Crippen molar-refractivity contribution in [3.63, 3.8) is 0 Å². The highest BCUT2D eigenvalue weighted by molar-refractivity contribution is 5.88. The molecule has 0 unspecified atom stereocenters. The van der Waals surface area contributed by atoms with Crippen LogP contribution in [0.5, 0.6) is 11.5 Å². The number of hydrogen-bond acceptors (Lipinski definition) is 6. The number of nitrogens with zero attached hydrogens (tertiary/aromatic N) is 2. The fraction of sp³-hybridized carbons (Fsp3) is 0.267. The summed E-state index contributed by atoms with van der Waals surface area (Å²) in [5.41, 5.74) is 1.64. The van der Waals surface area contributed by atoms with Crippen LogP contribution >= 0.6 is 0 Å². The highest BCUT2D eigenvalue weighted by atomic mass is 16.7. The van der Waals surface area contributed by atoms with E-state index in [9.17, 15) is 4.79 Å². The first-order valence-corrected chi connectivity index (χ1v) is 6.89. The largest absolute Gasteiger partial charge is 0.478 e. The maximum Gasteiger partial charge on any atom is 0.339 e. The van der Waals surface area contributed by atoms with Crippen molar-refractivity contribution in [1.82, 2.24) is 9.97 Å². The number of hydrogen-bond donors (Lipinski definition) is 2. The molecule has 0 amide bonds. The molecule has 0 saturated carbocycles. The lowest BCUT2D eigenvalue weighted by atomic mass is 10.2. The molecule has 0 bridgehead atoms. The fourth-order valence-electron chi connectivity index (χ4n) is 2.18. The number of fused-ring (bicyclic) bond motifs is 1. The zero-order valence-corrected chi connectivity index (χ0v) is 12.0. The van der Waals surface area contributed by atoms with E-state index in [1.807, 2.05) is 25.1 Å². The molecule has 2 heterocycles. The maximum absolute atomic E-state index is 11.1. The summed E-state index contributed by atoms with van der Waals surface area (Å²) >= 11 is 0. The number of aromatic carboxylic acids is 1. The lowest BCUT2D eigenvalue weighted by Crippen LogP contribution is -2.10. The molecule has 0 fully saturated rings. The molecular formula is C15H15N3O4. The number of benzene rings is 1. The molecule has 1 aliphatic heterocycles. The fourth-order valence-corrected chi connectivity index (χ4v) is 2.18. The number of nitrogens with one attached hydrogen (secondary N) is 1. The number of aromatic nitrogens is 2. The highest BCUT2D eigenvalue weighted by Gasteiger charge is 2.14. The Bertz CT molecular complexity index is 718. The summed E-state index contributed by atoms with van der Waals surface area (Å²) in [6.07, 6.45) is 1.86. The van der Waals surface area contributed by atoms with E-state index in [1.165, 1.54) is 6.20 Å². The highest BCUT2D eigenvalue weighted by Crippen LogP contribution is 2.32. The normalized spacial score (nSPS) is 12.2. The van der Waals surface area contributed by atoms with E-state index in [0.29, 0.717) is 24.6 Å². The van der Waals surface area contributed by atoms with Crippen molar-refractivity contribution in [3.05, 3.63) is 41.2 Å². The van der Waals surface area contributed by atoms with Gasteiger partial charge < -0.3 is 19.9 Å². The third-order valence-corrected chi connectivity index (χ3v) is 3.32. The van der Waals surface area contributed by atoms with Crippen molar-refractivity contribution >= 4 is 11.9 Å². The monoisotopic (exact) mass is 301 g/mol. The molecule has 1 aromatic carbocycles. The summed E-state index contributed by atoms with van der Waals surface area (Å²) in [5.74, 6) is 0.841. The van der Waals surface area contributed by atoms with E-state index < -0.39 is 5.97 Å². The molecule has 0 spiro atoms. The number of carboxylic acids is 1. The van der Waals surface area contributed by atoms with Crippen LogP contribution in [0.15, 0.2) is 24.4 Å². The van der Waals surface area contributed by atoms with Crippen molar-refractivity contribution in [1.29, 1.82) is 0 Å². The van der Waals surface area contributed by atoms with Crippen molar-refractivity contribution < 1.29 is 19.4 Å². The summed E-state index contributed by atoms with van der Waals surface area (Å²) < 4.78 is 10.6. The van der Waals surface area contributed by atoms with E-state index in [1.54, 1.807) is 0 Å². The Balaban J connectivity index is 1.72. The molecule has 7 nitrogen and oxygen atoms in total. The topological polar surface area (TPSA) is 93.6 Å². The predicted molar refractivity (Wildman–Crippen MR) is 78.3 cm³/mol. The van der Waals surface area contributed by atoms with Gasteiger partial charge in [-0.3, -0.25) is 0 Å². The van der Waals surface area contributed by atoms with Crippen molar-refractivity contribution in [2.24, 2.45) is 0 Å². The number of anilines is 1. The van der Waals surface area contributed by atoms with Gasteiger partial charge in [-0.15, -0.1) is 0 Å². The Morgan fingerprint density at radius 2 is 2.18 bits per heavy atom.